The Morgan fingerprint density at radius 3 is 2.91 bits per heavy atom. The van der Waals surface area contributed by atoms with Crippen molar-refractivity contribution < 1.29 is 14.6 Å². The normalized spacial score (nSPS) is 10.7. The van der Waals surface area contributed by atoms with E-state index in [0.717, 1.165) is 0 Å². The fourth-order valence-corrected chi connectivity index (χ4v) is 2.43. The number of nitrogens with zero attached hydrogens (tertiary/aromatic N) is 2. The van der Waals surface area contributed by atoms with Crippen molar-refractivity contribution in [2.24, 2.45) is 5.10 Å². The van der Waals surface area contributed by atoms with Crippen LogP contribution in [0.4, 0.5) is 0 Å². The SMILES string of the molecule is COc1cc(Br)c(Br)c(/C=N\NC(=O)c2cccnc2)c1O. The number of amides is 1. The highest BCUT2D eigenvalue weighted by Gasteiger charge is 2.14. The number of methoxy groups -OCH3 is 1. The van der Waals surface area contributed by atoms with Gasteiger partial charge in [0.15, 0.2) is 11.5 Å². The van der Waals surface area contributed by atoms with Gasteiger partial charge in [0.2, 0.25) is 0 Å². The van der Waals surface area contributed by atoms with Crippen molar-refractivity contribution in [3.63, 3.8) is 0 Å². The Bertz CT molecular complexity index is 721. The van der Waals surface area contributed by atoms with E-state index < -0.39 is 5.91 Å². The summed E-state index contributed by atoms with van der Waals surface area (Å²) in [4.78, 5) is 15.7. The zero-order valence-electron chi connectivity index (χ0n) is 11.4. The number of carbonyl (C=O) groups is 1. The fourth-order valence-electron chi connectivity index (χ4n) is 1.60. The van der Waals surface area contributed by atoms with E-state index in [9.17, 15) is 9.90 Å². The number of nitrogens with one attached hydrogen (secondary N) is 1. The number of phenolic OH excluding ortho intramolecular Hbond substituents is 1. The van der Waals surface area contributed by atoms with Crippen molar-refractivity contribution >= 4 is 44.0 Å². The lowest BCUT2D eigenvalue weighted by atomic mass is 10.2. The van der Waals surface area contributed by atoms with Crippen molar-refractivity contribution in [2.75, 3.05) is 7.11 Å². The molecule has 6 nitrogen and oxygen atoms in total. The van der Waals surface area contributed by atoms with E-state index in [1.807, 2.05) is 0 Å². The summed E-state index contributed by atoms with van der Waals surface area (Å²) in [7, 11) is 1.44. The lowest BCUT2D eigenvalue weighted by Gasteiger charge is -2.09. The number of phenols is 1. The summed E-state index contributed by atoms with van der Waals surface area (Å²) >= 11 is 6.66. The molecule has 0 saturated carbocycles. The van der Waals surface area contributed by atoms with Crippen molar-refractivity contribution in [3.05, 3.63) is 50.7 Å². The summed E-state index contributed by atoms with van der Waals surface area (Å²) in [5.74, 6) is -0.200. The van der Waals surface area contributed by atoms with Crippen LogP contribution >= 0.6 is 31.9 Å². The smallest absolute Gasteiger partial charge is 0.272 e. The molecule has 1 aromatic carbocycles. The van der Waals surface area contributed by atoms with E-state index in [4.69, 9.17) is 4.74 Å². The first-order valence-electron chi connectivity index (χ1n) is 6.03. The molecule has 2 N–H and O–H groups in total. The zero-order valence-corrected chi connectivity index (χ0v) is 14.6. The van der Waals surface area contributed by atoms with Crippen LogP contribution in [0.3, 0.4) is 0 Å². The minimum atomic E-state index is -0.401. The lowest BCUT2D eigenvalue weighted by Crippen LogP contribution is -2.17. The third-order valence-electron chi connectivity index (χ3n) is 2.70. The van der Waals surface area contributed by atoms with Gasteiger partial charge >= 0.3 is 0 Å². The van der Waals surface area contributed by atoms with Crippen LogP contribution in [0.2, 0.25) is 0 Å². The number of aromatic hydroxyl groups is 1. The minimum Gasteiger partial charge on any atom is -0.504 e. The topological polar surface area (TPSA) is 83.8 Å². The molecule has 0 unspecified atom stereocenters. The molecule has 0 aliphatic carbocycles. The molecule has 0 fully saturated rings. The van der Waals surface area contributed by atoms with Crippen LogP contribution in [0.1, 0.15) is 15.9 Å². The number of pyridine rings is 1. The summed E-state index contributed by atoms with van der Waals surface area (Å²) < 4.78 is 6.33. The summed E-state index contributed by atoms with van der Waals surface area (Å²) in [6.07, 6.45) is 4.32. The third-order valence-corrected chi connectivity index (χ3v) is 4.71. The van der Waals surface area contributed by atoms with Gasteiger partial charge in [-0.1, -0.05) is 0 Å². The van der Waals surface area contributed by atoms with Crippen LogP contribution in [0.25, 0.3) is 0 Å². The molecule has 0 saturated heterocycles. The van der Waals surface area contributed by atoms with Crippen LogP contribution in [0.15, 0.2) is 44.6 Å². The molecule has 0 radical (unpaired) electrons. The highest BCUT2D eigenvalue weighted by molar-refractivity contribution is 9.13. The number of hydrogen-bond donors (Lipinski definition) is 2. The highest BCUT2D eigenvalue weighted by atomic mass is 79.9. The van der Waals surface area contributed by atoms with Crippen molar-refractivity contribution in [3.8, 4) is 11.5 Å². The van der Waals surface area contributed by atoms with E-state index in [1.54, 1.807) is 24.4 Å². The summed E-state index contributed by atoms with van der Waals surface area (Å²) in [6.45, 7) is 0. The van der Waals surface area contributed by atoms with Gasteiger partial charge in [-0.3, -0.25) is 9.78 Å². The van der Waals surface area contributed by atoms with Crippen LogP contribution < -0.4 is 10.2 Å². The quantitative estimate of drug-likeness (QED) is 0.578. The van der Waals surface area contributed by atoms with Crippen LogP contribution in [0, 0.1) is 0 Å². The molecule has 0 aliphatic heterocycles. The Morgan fingerprint density at radius 2 is 2.27 bits per heavy atom. The zero-order chi connectivity index (χ0) is 16.1. The molecule has 8 heteroatoms. The second kappa shape index (κ2) is 7.37. The Kier molecular flexibility index (Phi) is 5.51. The summed E-state index contributed by atoms with van der Waals surface area (Å²) in [5, 5.41) is 13.9. The molecule has 1 amide bonds. The third kappa shape index (κ3) is 3.63. The largest absolute Gasteiger partial charge is 0.504 e. The standard InChI is InChI=1S/C14H11Br2N3O3/c1-22-11-5-10(15)12(16)9(13(11)20)7-18-19-14(21)8-3-2-4-17-6-8/h2-7,20H,1H3,(H,19,21)/b18-7-. The maximum atomic E-state index is 11.8. The van der Waals surface area contributed by atoms with Crippen molar-refractivity contribution in [1.82, 2.24) is 10.4 Å². The Labute approximate surface area is 143 Å². The van der Waals surface area contributed by atoms with E-state index in [1.165, 1.54) is 19.5 Å². The molecular formula is C14H11Br2N3O3. The van der Waals surface area contributed by atoms with Gasteiger partial charge in [-0.25, -0.2) is 5.43 Å². The Balaban J connectivity index is 2.20. The molecule has 1 aromatic heterocycles. The molecule has 2 rings (SSSR count). The molecule has 2 aromatic rings. The first-order chi connectivity index (χ1) is 10.5. The molecular weight excluding hydrogens is 418 g/mol. The van der Waals surface area contributed by atoms with Gasteiger partial charge in [0.1, 0.15) is 0 Å². The number of carbonyl (C=O) groups excluding carboxylic acids is 1. The number of hydrazone groups is 1. The van der Waals surface area contributed by atoms with E-state index in [-0.39, 0.29) is 11.5 Å². The summed E-state index contributed by atoms with van der Waals surface area (Å²) in [6, 6.07) is 4.89. The van der Waals surface area contributed by atoms with E-state index in [0.29, 0.717) is 20.1 Å². The second-order valence-electron chi connectivity index (χ2n) is 4.08. The first-order valence-corrected chi connectivity index (χ1v) is 7.61. The Morgan fingerprint density at radius 1 is 1.50 bits per heavy atom. The van der Waals surface area contributed by atoms with Crippen LogP contribution in [-0.4, -0.2) is 29.3 Å². The number of rotatable bonds is 4. The maximum Gasteiger partial charge on any atom is 0.272 e. The number of aromatic nitrogens is 1. The van der Waals surface area contributed by atoms with Gasteiger partial charge in [-0.15, -0.1) is 0 Å². The van der Waals surface area contributed by atoms with Gasteiger partial charge in [0.25, 0.3) is 5.91 Å². The molecule has 0 spiro atoms. The molecule has 1 heterocycles. The average Bonchev–Trinajstić information content (AvgIpc) is 2.54. The molecule has 0 bridgehead atoms. The predicted molar refractivity (Wildman–Crippen MR) is 89.4 cm³/mol. The van der Waals surface area contributed by atoms with E-state index in [2.05, 4.69) is 47.4 Å². The van der Waals surface area contributed by atoms with Crippen molar-refractivity contribution in [2.45, 2.75) is 0 Å². The molecule has 0 aliphatic rings. The second-order valence-corrected chi connectivity index (χ2v) is 5.73. The number of hydrogen-bond acceptors (Lipinski definition) is 5. The minimum absolute atomic E-state index is 0.0862. The first kappa shape index (κ1) is 16.4. The van der Waals surface area contributed by atoms with Gasteiger partial charge in [0, 0.05) is 21.3 Å². The predicted octanol–water partition coefficient (Wildman–Crippen LogP) is 3.08. The number of benzene rings is 1. The van der Waals surface area contributed by atoms with Crippen molar-refractivity contribution in [1.29, 1.82) is 0 Å². The van der Waals surface area contributed by atoms with Crippen LogP contribution in [0.5, 0.6) is 11.5 Å². The van der Waals surface area contributed by atoms with Gasteiger partial charge in [0.05, 0.1) is 24.5 Å². The van der Waals surface area contributed by atoms with E-state index >= 15 is 0 Å². The molecule has 0 atom stereocenters. The van der Waals surface area contributed by atoms with Gasteiger partial charge in [-0.2, -0.15) is 5.10 Å². The number of halogens is 2. The summed E-state index contributed by atoms with van der Waals surface area (Å²) in [5.41, 5.74) is 3.12. The lowest BCUT2D eigenvalue weighted by molar-refractivity contribution is 0.0954. The molecule has 114 valence electrons. The monoisotopic (exact) mass is 427 g/mol. The average molecular weight is 429 g/mol. The fraction of sp³-hybridized carbons (Fsp3) is 0.0714. The van der Waals surface area contributed by atoms with Crippen LogP contribution in [-0.2, 0) is 0 Å². The molecule has 22 heavy (non-hydrogen) atoms. The van der Waals surface area contributed by atoms with Gasteiger partial charge in [-0.05, 0) is 50.1 Å². The highest BCUT2D eigenvalue weighted by Crippen LogP contribution is 2.39. The van der Waals surface area contributed by atoms with Gasteiger partial charge < -0.3 is 9.84 Å². The Hall–Kier alpha value is -1.93. The maximum absolute atomic E-state index is 11.8. The number of ether oxygens (including phenoxy) is 1.